The van der Waals surface area contributed by atoms with Crippen molar-refractivity contribution in [2.45, 2.75) is 84.5 Å². The first-order valence-electron chi connectivity index (χ1n) is 17.4. The standard InChI is InChI=1S/C43H48N2O2/c1-7-28-44-36-22-13-11-20-34(36)42(3,4)38(44)26-24-30-16-15-17-31(40(30)32-18-9-10-19-33(32)41(46)47)25-27-39-43(5,6)35-21-12-14-23-37(35)45(39)29-8-2/h9-14,18-27H,7-8,15-17,28-29H2,1-6H3/p+1. The van der Waals surface area contributed by atoms with Gasteiger partial charge in [0.05, 0.1) is 11.0 Å². The van der Waals surface area contributed by atoms with Crippen molar-refractivity contribution in [2.75, 3.05) is 18.0 Å². The van der Waals surface area contributed by atoms with Crippen LogP contribution in [0.3, 0.4) is 0 Å². The van der Waals surface area contributed by atoms with Gasteiger partial charge in [-0.05, 0) is 85.6 Å². The number of para-hydroxylation sites is 2. The van der Waals surface area contributed by atoms with Gasteiger partial charge in [0.15, 0.2) is 5.71 Å². The Labute approximate surface area is 281 Å². The molecular formula is C43H49N2O2+. The first-order chi connectivity index (χ1) is 22.6. The van der Waals surface area contributed by atoms with Crippen LogP contribution in [-0.4, -0.2) is 34.5 Å². The van der Waals surface area contributed by atoms with Crippen molar-refractivity contribution in [1.82, 2.24) is 0 Å². The van der Waals surface area contributed by atoms with Crippen molar-refractivity contribution in [3.63, 3.8) is 0 Å². The number of rotatable bonds is 9. The maximum absolute atomic E-state index is 12.6. The maximum atomic E-state index is 12.6. The van der Waals surface area contributed by atoms with Crippen molar-refractivity contribution in [1.29, 1.82) is 0 Å². The van der Waals surface area contributed by atoms with E-state index in [1.807, 2.05) is 18.2 Å². The molecule has 47 heavy (non-hydrogen) atoms. The molecule has 1 aliphatic carbocycles. The molecule has 0 atom stereocenters. The van der Waals surface area contributed by atoms with E-state index in [9.17, 15) is 9.90 Å². The van der Waals surface area contributed by atoms with Crippen molar-refractivity contribution >= 4 is 28.6 Å². The molecule has 2 aliphatic heterocycles. The summed E-state index contributed by atoms with van der Waals surface area (Å²) in [6.07, 6.45) is 14.1. The number of allylic oxidation sites excluding steroid dienone is 8. The molecule has 0 saturated heterocycles. The lowest BCUT2D eigenvalue weighted by Crippen LogP contribution is -2.28. The van der Waals surface area contributed by atoms with Gasteiger partial charge in [-0.2, -0.15) is 4.58 Å². The molecular weight excluding hydrogens is 576 g/mol. The first-order valence-corrected chi connectivity index (χ1v) is 17.4. The normalized spacial score (nSPS) is 20.1. The van der Waals surface area contributed by atoms with Crippen LogP contribution in [0.15, 0.2) is 114 Å². The number of benzene rings is 3. The summed E-state index contributed by atoms with van der Waals surface area (Å²) in [7, 11) is 0. The molecule has 0 radical (unpaired) electrons. The van der Waals surface area contributed by atoms with Gasteiger partial charge in [0.25, 0.3) is 0 Å². The van der Waals surface area contributed by atoms with Crippen LogP contribution in [0.2, 0.25) is 0 Å². The number of nitrogens with zero attached hydrogens (tertiary/aromatic N) is 2. The Morgan fingerprint density at radius 3 is 2.28 bits per heavy atom. The Hall–Kier alpha value is -4.44. The number of carboxylic acid groups (broad SMARTS) is 1. The fourth-order valence-corrected chi connectivity index (χ4v) is 8.06. The maximum Gasteiger partial charge on any atom is 0.336 e. The molecule has 0 saturated carbocycles. The summed E-state index contributed by atoms with van der Waals surface area (Å²) >= 11 is 0. The van der Waals surface area contributed by atoms with Crippen molar-refractivity contribution in [3.8, 4) is 0 Å². The third-order valence-electron chi connectivity index (χ3n) is 10.3. The molecule has 3 aromatic rings. The number of anilines is 1. The Balaban J connectivity index is 1.52. The second-order valence-corrected chi connectivity index (χ2v) is 14.2. The molecule has 1 N–H and O–H groups in total. The molecule has 2 heterocycles. The van der Waals surface area contributed by atoms with Crippen LogP contribution in [0.4, 0.5) is 11.4 Å². The third-order valence-corrected chi connectivity index (χ3v) is 10.3. The Bertz CT molecular complexity index is 1860. The summed E-state index contributed by atoms with van der Waals surface area (Å²) in [5.41, 5.74) is 12.2. The topological polar surface area (TPSA) is 43.5 Å². The molecule has 242 valence electrons. The zero-order chi connectivity index (χ0) is 33.3. The molecule has 0 fully saturated rings. The van der Waals surface area contributed by atoms with E-state index in [0.717, 1.165) is 56.3 Å². The number of hydrogen-bond donors (Lipinski definition) is 1. The molecule has 3 aromatic carbocycles. The third kappa shape index (κ3) is 5.73. The molecule has 4 nitrogen and oxygen atoms in total. The van der Waals surface area contributed by atoms with Crippen molar-refractivity contribution in [3.05, 3.63) is 136 Å². The highest BCUT2D eigenvalue weighted by molar-refractivity contribution is 6.04. The number of carbonyl (C=O) groups is 1. The van der Waals surface area contributed by atoms with Gasteiger partial charge < -0.3 is 10.0 Å². The van der Waals surface area contributed by atoms with Crippen LogP contribution in [-0.2, 0) is 10.8 Å². The summed E-state index contributed by atoms with van der Waals surface area (Å²) in [5.74, 6) is -0.892. The first kappa shape index (κ1) is 32.5. The van der Waals surface area contributed by atoms with Gasteiger partial charge in [0.1, 0.15) is 6.54 Å². The Kier molecular flexibility index (Phi) is 8.98. The zero-order valence-corrected chi connectivity index (χ0v) is 28.9. The molecule has 0 spiro atoms. The number of hydrogen-bond acceptors (Lipinski definition) is 2. The second-order valence-electron chi connectivity index (χ2n) is 14.2. The minimum Gasteiger partial charge on any atom is -0.478 e. The van der Waals surface area contributed by atoms with Gasteiger partial charge in [0.2, 0.25) is 5.69 Å². The van der Waals surface area contributed by atoms with E-state index < -0.39 is 5.97 Å². The van der Waals surface area contributed by atoms with E-state index >= 15 is 0 Å². The van der Waals surface area contributed by atoms with E-state index in [2.05, 4.69) is 124 Å². The van der Waals surface area contributed by atoms with Gasteiger partial charge in [-0.25, -0.2) is 4.79 Å². The van der Waals surface area contributed by atoms with Gasteiger partial charge in [-0.1, -0.05) is 94.4 Å². The quantitative estimate of drug-likeness (QED) is 0.241. The monoisotopic (exact) mass is 625 g/mol. The average molecular weight is 626 g/mol. The Morgan fingerprint density at radius 2 is 1.53 bits per heavy atom. The van der Waals surface area contributed by atoms with Gasteiger partial charge in [-0.3, -0.25) is 0 Å². The fourth-order valence-electron chi connectivity index (χ4n) is 8.06. The molecule has 3 aliphatic rings. The smallest absolute Gasteiger partial charge is 0.336 e. The highest BCUT2D eigenvalue weighted by Crippen LogP contribution is 2.48. The van der Waals surface area contributed by atoms with Gasteiger partial charge in [-0.15, -0.1) is 0 Å². The summed E-state index contributed by atoms with van der Waals surface area (Å²) in [6.45, 7) is 15.7. The zero-order valence-electron chi connectivity index (χ0n) is 28.9. The molecule has 6 rings (SSSR count). The van der Waals surface area contributed by atoms with E-state index in [1.54, 1.807) is 6.07 Å². The van der Waals surface area contributed by atoms with Crippen LogP contribution < -0.4 is 4.90 Å². The van der Waals surface area contributed by atoms with E-state index in [4.69, 9.17) is 0 Å². The number of carboxylic acids is 1. The highest BCUT2D eigenvalue weighted by Gasteiger charge is 2.44. The molecule has 0 bridgehead atoms. The SMILES string of the molecule is CCCN1C(=CC=C2CCCC(C=CC3=[N+](CCC)c4ccccc4C3(C)C)=C2c2ccccc2C(=O)O)C(C)(C)c2ccccc21. The lowest BCUT2D eigenvalue weighted by Gasteiger charge is -2.27. The largest absolute Gasteiger partial charge is 0.478 e. The minimum absolute atomic E-state index is 0.133. The van der Waals surface area contributed by atoms with Crippen LogP contribution in [0.25, 0.3) is 5.57 Å². The molecule has 0 unspecified atom stereocenters. The fraction of sp³-hybridized carbons (Fsp3) is 0.349. The lowest BCUT2D eigenvalue weighted by atomic mass is 9.79. The average Bonchev–Trinajstić information content (AvgIpc) is 3.41. The molecule has 4 heteroatoms. The van der Waals surface area contributed by atoms with E-state index in [1.165, 1.54) is 45.1 Å². The Morgan fingerprint density at radius 1 is 0.830 bits per heavy atom. The summed E-state index contributed by atoms with van der Waals surface area (Å²) in [4.78, 5) is 15.0. The summed E-state index contributed by atoms with van der Waals surface area (Å²) in [6, 6.07) is 25.1. The van der Waals surface area contributed by atoms with Crippen molar-refractivity contribution in [2.24, 2.45) is 0 Å². The predicted molar refractivity (Wildman–Crippen MR) is 196 cm³/mol. The highest BCUT2D eigenvalue weighted by atomic mass is 16.4. The number of aromatic carboxylic acids is 1. The molecule has 0 amide bonds. The predicted octanol–water partition coefficient (Wildman–Crippen LogP) is 10.4. The summed E-state index contributed by atoms with van der Waals surface area (Å²) in [5, 5.41) is 10.3. The van der Waals surface area contributed by atoms with E-state index in [-0.39, 0.29) is 10.8 Å². The second kappa shape index (κ2) is 13.0. The van der Waals surface area contributed by atoms with Crippen LogP contribution in [0, 0.1) is 0 Å². The lowest BCUT2D eigenvalue weighted by molar-refractivity contribution is -0.437. The number of fused-ring (bicyclic) bond motifs is 2. The molecule has 0 aromatic heterocycles. The van der Waals surface area contributed by atoms with Gasteiger partial charge >= 0.3 is 5.97 Å². The minimum atomic E-state index is -0.892. The van der Waals surface area contributed by atoms with Crippen molar-refractivity contribution < 1.29 is 14.5 Å². The summed E-state index contributed by atoms with van der Waals surface area (Å²) < 4.78 is 2.48. The van der Waals surface area contributed by atoms with Crippen LogP contribution >= 0.6 is 0 Å². The van der Waals surface area contributed by atoms with Gasteiger partial charge in [0, 0.05) is 47.5 Å². The van der Waals surface area contributed by atoms with Crippen LogP contribution in [0.5, 0.6) is 0 Å². The van der Waals surface area contributed by atoms with Crippen LogP contribution in [0.1, 0.15) is 101 Å². The van der Waals surface area contributed by atoms with E-state index in [0.29, 0.717) is 5.56 Å².